The van der Waals surface area contributed by atoms with Gasteiger partial charge in [-0.25, -0.2) is 0 Å². The Morgan fingerprint density at radius 2 is 1.89 bits per heavy atom. The molecule has 144 valence electrons. The van der Waals surface area contributed by atoms with Crippen LogP contribution in [0.2, 0.25) is 0 Å². The molecule has 6 heteroatoms. The van der Waals surface area contributed by atoms with Crippen molar-refractivity contribution in [2.75, 3.05) is 18.0 Å². The average Bonchev–Trinajstić information content (AvgIpc) is 2.70. The summed E-state index contributed by atoms with van der Waals surface area (Å²) in [6.45, 7) is 7.92. The second kappa shape index (κ2) is 9.22. The molecule has 1 saturated heterocycles. The first-order chi connectivity index (χ1) is 13.0. The lowest BCUT2D eigenvalue weighted by Gasteiger charge is -2.32. The Balaban J connectivity index is 1.52. The van der Waals surface area contributed by atoms with E-state index >= 15 is 0 Å². The molecule has 27 heavy (non-hydrogen) atoms. The first kappa shape index (κ1) is 19.7. The minimum absolute atomic E-state index is 0.111. The second-order valence-corrected chi connectivity index (χ2v) is 8.32. The van der Waals surface area contributed by atoms with E-state index in [1.165, 1.54) is 5.56 Å². The van der Waals surface area contributed by atoms with Crippen LogP contribution in [0.25, 0.3) is 0 Å². The quantitative estimate of drug-likeness (QED) is 0.814. The molecular formula is C21H28N4OS. The zero-order valence-corrected chi connectivity index (χ0v) is 17.1. The van der Waals surface area contributed by atoms with Crippen LogP contribution in [0.1, 0.15) is 38.7 Å². The van der Waals surface area contributed by atoms with E-state index in [0.717, 1.165) is 48.1 Å². The Morgan fingerprint density at radius 3 is 2.48 bits per heavy atom. The molecule has 2 heterocycles. The van der Waals surface area contributed by atoms with Crippen LogP contribution < -0.4 is 10.2 Å². The van der Waals surface area contributed by atoms with Crippen LogP contribution >= 0.6 is 11.8 Å². The molecule has 1 amide bonds. The van der Waals surface area contributed by atoms with Crippen molar-refractivity contribution >= 4 is 23.5 Å². The third kappa shape index (κ3) is 5.45. The lowest BCUT2D eigenvalue weighted by Crippen LogP contribution is -2.43. The number of nitrogens with zero attached hydrogens (tertiary/aromatic N) is 3. The number of aromatic nitrogens is 2. The van der Waals surface area contributed by atoms with Gasteiger partial charge < -0.3 is 10.2 Å². The van der Waals surface area contributed by atoms with Gasteiger partial charge in [-0.05, 0) is 57.4 Å². The molecule has 1 aromatic heterocycles. The molecule has 0 saturated carbocycles. The SMILES string of the molecule is CC[C@@H](C)NC(=O)C1CCN(c2ccc(Sc3ccc(C)cc3)nn2)CC1. The molecule has 1 aliphatic heterocycles. The Kier molecular flexibility index (Phi) is 6.72. The number of rotatable bonds is 6. The summed E-state index contributed by atoms with van der Waals surface area (Å²) in [5.41, 5.74) is 1.25. The van der Waals surface area contributed by atoms with Crippen LogP contribution in [-0.4, -0.2) is 35.2 Å². The van der Waals surface area contributed by atoms with Gasteiger partial charge in [-0.3, -0.25) is 4.79 Å². The van der Waals surface area contributed by atoms with Crippen LogP contribution in [0.3, 0.4) is 0 Å². The number of nitrogens with one attached hydrogen (secondary N) is 1. The topological polar surface area (TPSA) is 58.1 Å². The van der Waals surface area contributed by atoms with Gasteiger partial charge >= 0.3 is 0 Å². The summed E-state index contributed by atoms with van der Waals surface area (Å²) in [6.07, 6.45) is 2.70. The van der Waals surface area contributed by atoms with Crippen LogP contribution in [-0.2, 0) is 4.79 Å². The molecule has 1 atom stereocenters. The normalized spacial score (nSPS) is 16.2. The Bertz CT molecular complexity index is 740. The summed E-state index contributed by atoms with van der Waals surface area (Å²) in [5, 5.41) is 12.8. The predicted molar refractivity (Wildman–Crippen MR) is 110 cm³/mol. The van der Waals surface area contributed by atoms with Gasteiger partial charge in [0, 0.05) is 29.9 Å². The number of hydrogen-bond donors (Lipinski definition) is 1. The van der Waals surface area contributed by atoms with Crippen molar-refractivity contribution in [1.82, 2.24) is 15.5 Å². The van der Waals surface area contributed by atoms with Crippen LogP contribution in [0.15, 0.2) is 46.3 Å². The van der Waals surface area contributed by atoms with Gasteiger partial charge in [0.25, 0.3) is 0 Å². The monoisotopic (exact) mass is 384 g/mol. The van der Waals surface area contributed by atoms with Gasteiger partial charge in [-0.15, -0.1) is 10.2 Å². The molecule has 0 spiro atoms. The summed E-state index contributed by atoms with van der Waals surface area (Å²) in [6, 6.07) is 12.7. The van der Waals surface area contributed by atoms with Crippen LogP contribution in [0.4, 0.5) is 5.82 Å². The predicted octanol–water partition coefficient (Wildman–Crippen LogP) is 4.07. The highest BCUT2D eigenvalue weighted by atomic mass is 32.2. The fourth-order valence-corrected chi connectivity index (χ4v) is 3.83. The zero-order valence-electron chi connectivity index (χ0n) is 16.3. The highest BCUT2D eigenvalue weighted by Gasteiger charge is 2.26. The largest absolute Gasteiger partial charge is 0.355 e. The number of piperidine rings is 1. The van der Waals surface area contributed by atoms with E-state index in [-0.39, 0.29) is 17.9 Å². The number of hydrogen-bond acceptors (Lipinski definition) is 5. The molecule has 0 aliphatic carbocycles. The third-order valence-corrected chi connectivity index (χ3v) is 5.99. The highest BCUT2D eigenvalue weighted by molar-refractivity contribution is 7.99. The van der Waals surface area contributed by atoms with Gasteiger partial charge in [-0.2, -0.15) is 0 Å². The van der Waals surface area contributed by atoms with Gasteiger partial charge in [0.1, 0.15) is 5.03 Å². The van der Waals surface area contributed by atoms with E-state index in [4.69, 9.17) is 0 Å². The van der Waals surface area contributed by atoms with Crippen molar-refractivity contribution in [2.24, 2.45) is 5.92 Å². The number of carbonyl (C=O) groups is 1. The molecule has 0 bridgehead atoms. The molecule has 0 unspecified atom stereocenters. The first-order valence-corrected chi connectivity index (χ1v) is 10.5. The number of carbonyl (C=O) groups excluding carboxylic acids is 1. The van der Waals surface area contributed by atoms with E-state index in [1.54, 1.807) is 11.8 Å². The molecule has 0 radical (unpaired) electrons. The molecule has 2 aromatic rings. The minimum atomic E-state index is 0.111. The van der Waals surface area contributed by atoms with Crippen molar-refractivity contribution in [3.05, 3.63) is 42.0 Å². The highest BCUT2D eigenvalue weighted by Crippen LogP contribution is 2.27. The summed E-state index contributed by atoms with van der Waals surface area (Å²) in [5.74, 6) is 1.20. The smallest absolute Gasteiger partial charge is 0.223 e. The van der Waals surface area contributed by atoms with E-state index in [9.17, 15) is 4.79 Å². The van der Waals surface area contributed by atoms with Crippen molar-refractivity contribution in [3.63, 3.8) is 0 Å². The molecule has 1 aromatic carbocycles. The Hall–Kier alpha value is -2.08. The summed E-state index contributed by atoms with van der Waals surface area (Å²) >= 11 is 1.62. The van der Waals surface area contributed by atoms with Crippen molar-refractivity contribution in [1.29, 1.82) is 0 Å². The number of anilines is 1. The molecule has 1 N–H and O–H groups in total. The standard InChI is InChI=1S/C21H28N4OS/c1-4-16(3)22-21(26)17-11-13-25(14-12-17)19-9-10-20(24-23-19)27-18-7-5-15(2)6-8-18/h5-10,16-17H,4,11-14H2,1-3H3,(H,22,26)/t16-/m1/s1. The van der Waals surface area contributed by atoms with Crippen molar-refractivity contribution < 1.29 is 4.79 Å². The zero-order chi connectivity index (χ0) is 19.2. The molecule has 3 rings (SSSR count). The Morgan fingerprint density at radius 1 is 1.19 bits per heavy atom. The maximum absolute atomic E-state index is 12.3. The summed E-state index contributed by atoms with van der Waals surface area (Å²) in [7, 11) is 0. The van der Waals surface area contributed by atoms with Crippen molar-refractivity contribution in [2.45, 2.75) is 56.0 Å². The van der Waals surface area contributed by atoms with E-state index < -0.39 is 0 Å². The third-order valence-electron chi connectivity index (χ3n) is 5.06. The van der Waals surface area contributed by atoms with Crippen LogP contribution in [0, 0.1) is 12.8 Å². The minimum Gasteiger partial charge on any atom is -0.355 e. The van der Waals surface area contributed by atoms with Crippen LogP contribution in [0.5, 0.6) is 0 Å². The van der Waals surface area contributed by atoms with Crippen molar-refractivity contribution in [3.8, 4) is 0 Å². The number of aryl methyl sites for hydroxylation is 1. The van der Waals surface area contributed by atoms with Gasteiger partial charge in [0.2, 0.25) is 5.91 Å². The van der Waals surface area contributed by atoms with E-state index in [2.05, 4.69) is 65.5 Å². The summed E-state index contributed by atoms with van der Waals surface area (Å²) < 4.78 is 0. The second-order valence-electron chi connectivity index (χ2n) is 7.22. The molecule has 5 nitrogen and oxygen atoms in total. The number of amides is 1. The maximum atomic E-state index is 12.3. The molecule has 1 fully saturated rings. The number of benzene rings is 1. The fraction of sp³-hybridized carbons (Fsp3) is 0.476. The van der Waals surface area contributed by atoms with Gasteiger partial charge in [0.05, 0.1) is 0 Å². The molecular weight excluding hydrogens is 356 g/mol. The molecule has 1 aliphatic rings. The van der Waals surface area contributed by atoms with E-state index in [1.807, 2.05) is 12.1 Å². The van der Waals surface area contributed by atoms with Gasteiger partial charge in [-0.1, -0.05) is 36.4 Å². The lowest BCUT2D eigenvalue weighted by molar-refractivity contribution is -0.126. The Labute approximate surface area is 165 Å². The lowest BCUT2D eigenvalue weighted by atomic mass is 9.95. The van der Waals surface area contributed by atoms with E-state index in [0.29, 0.717) is 0 Å². The average molecular weight is 385 g/mol. The first-order valence-electron chi connectivity index (χ1n) is 9.68. The fourth-order valence-electron chi connectivity index (χ4n) is 3.10. The maximum Gasteiger partial charge on any atom is 0.223 e. The summed E-state index contributed by atoms with van der Waals surface area (Å²) in [4.78, 5) is 15.7. The van der Waals surface area contributed by atoms with Gasteiger partial charge in [0.15, 0.2) is 5.82 Å².